The summed E-state index contributed by atoms with van der Waals surface area (Å²) in [7, 11) is 0. The average molecular weight is 486 g/mol. The molecule has 0 unspecified atom stereocenters. The highest BCUT2D eigenvalue weighted by Gasteiger charge is 2.20. The first-order chi connectivity index (χ1) is 12.2. The third kappa shape index (κ3) is 6.21. The van der Waals surface area contributed by atoms with E-state index in [-0.39, 0.29) is 30.1 Å². The molecule has 2 aromatic rings. The normalized spacial score (nSPS) is 20.3. The summed E-state index contributed by atoms with van der Waals surface area (Å²) in [4.78, 5) is 9.38. The van der Waals surface area contributed by atoms with Crippen LogP contribution in [0.5, 0.6) is 0 Å². The molecule has 3 N–H and O–H groups in total. The van der Waals surface area contributed by atoms with Gasteiger partial charge in [-0.2, -0.15) is 0 Å². The van der Waals surface area contributed by atoms with Crippen molar-refractivity contribution < 1.29 is 5.11 Å². The Balaban J connectivity index is 0.00000243. The summed E-state index contributed by atoms with van der Waals surface area (Å²) >= 11 is 1.64. The van der Waals surface area contributed by atoms with Gasteiger partial charge < -0.3 is 15.7 Å². The second-order valence-corrected chi connectivity index (χ2v) is 7.28. The summed E-state index contributed by atoms with van der Waals surface area (Å²) in [5.74, 6) is 0.834. The van der Waals surface area contributed by atoms with Gasteiger partial charge in [-0.15, -0.1) is 35.3 Å². The van der Waals surface area contributed by atoms with Crippen LogP contribution in [0.25, 0.3) is 11.3 Å². The van der Waals surface area contributed by atoms with E-state index in [1.807, 2.05) is 18.2 Å². The molecule has 0 amide bonds. The Morgan fingerprint density at radius 3 is 2.65 bits per heavy atom. The van der Waals surface area contributed by atoms with Gasteiger partial charge in [0.2, 0.25) is 0 Å². The fourth-order valence-electron chi connectivity index (χ4n) is 3.01. The van der Waals surface area contributed by atoms with Crippen LogP contribution in [0.2, 0.25) is 0 Å². The first kappa shape index (κ1) is 21.1. The lowest BCUT2D eigenvalue weighted by Gasteiger charge is -2.27. The van der Waals surface area contributed by atoms with Crippen LogP contribution in [0.15, 0.2) is 40.7 Å². The molecule has 0 bridgehead atoms. The van der Waals surface area contributed by atoms with Gasteiger partial charge in [0.1, 0.15) is 5.01 Å². The molecule has 7 heteroatoms. The number of hydrogen-bond donors (Lipinski definition) is 3. The lowest BCUT2D eigenvalue weighted by molar-refractivity contribution is 0.120. The summed E-state index contributed by atoms with van der Waals surface area (Å²) in [6.07, 6.45) is 3.57. The van der Waals surface area contributed by atoms with Crippen LogP contribution >= 0.6 is 35.3 Å². The number of rotatable bonds is 5. The van der Waals surface area contributed by atoms with Crippen molar-refractivity contribution >= 4 is 41.3 Å². The van der Waals surface area contributed by atoms with E-state index in [1.54, 1.807) is 11.3 Å². The van der Waals surface area contributed by atoms with Gasteiger partial charge in [0.15, 0.2) is 5.96 Å². The second kappa shape index (κ2) is 10.8. The molecular weight excluding hydrogens is 459 g/mol. The standard InChI is InChI=1S/C19H26N4OS.HI/c1-2-20-19(22-15-8-10-16(24)11-9-15)21-12-18-23-17(13-25-18)14-6-4-3-5-7-14;/h3-7,13,15-16,24H,2,8-12H2,1H3,(H2,20,21,22);1H. The summed E-state index contributed by atoms with van der Waals surface area (Å²) in [6, 6.07) is 10.6. The van der Waals surface area contributed by atoms with Crippen LogP contribution in [0.3, 0.4) is 0 Å². The highest BCUT2D eigenvalue weighted by Crippen LogP contribution is 2.22. The van der Waals surface area contributed by atoms with Crippen LogP contribution in [-0.4, -0.2) is 34.7 Å². The lowest BCUT2D eigenvalue weighted by atomic mass is 9.93. The SMILES string of the molecule is CCNC(=NCc1nc(-c2ccccc2)cs1)NC1CCC(O)CC1.I. The number of aromatic nitrogens is 1. The van der Waals surface area contributed by atoms with Crippen molar-refractivity contribution in [2.75, 3.05) is 6.54 Å². The number of aliphatic hydroxyl groups is 1. The minimum Gasteiger partial charge on any atom is -0.393 e. The molecule has 1 aromatic carbocycles. The van der Waals surface area contributed by atoms with Gasteiger partial charge in [-0.3, -0.25) is 0 Å². The van der Waals surface area contributed by atoms with E-state index < -0.39 is 0 Å². The lowest BCUT2D eigenvalue weighted by Crippen LogP contribution is -2.45. The van der Waals surface area contributed by atoms with E-state index in [2.05, 4.69) is 40.1 Å². The zero-order valence-electron chi connectivity index (χ0n) is 15.0. The van der Waals surface area contributed by atoms with Crippen molar-refractivity contribution in [2.45, 2.75) is 51.3 Å². The molecule has 0 saturated heterocycles. The monoisotopic (exact) mass is 486 g/mol. The number of guanidine groups is 1. The molecule has 0 radical (unpaired) electrons. The minimum atomic E-state index is -0.135. The molecule has 3 rings (SSSR count). The maximum Gasteiger partial charge on any atom is 0.191 e. The summed E-state index contributed by atoms with van der Waals surface area (Å²) < 4.78 is 0. The number of benzene rings is 1. The van der Waals surface area contributed by atoms with E-state index in [1.165, 1.54) is 0 Å². The van der Waals surface area contributed by atoms with Crippen molar-refractivity contribution in [2.24, 2.45) is 4.99 Å². The van der Waals surface area contributed by atoms with Crippen molar-refractivity contribution in [3.05, 3.63) is 40.7 Å². The van der Waals surface area contributed by atoms with Gasteiger partial charge in [0, 0.05) is 23.5 Å². The molecule has 1 aliphatic rings. The van der Waals surface area contributed by atoms with Crippen molar-refractivity contribution in [1.29, 1.82) is 0 Å². The van der Waals surface area contributed by atoms with E-state index in [0.29, 0.717) is 12.6 Å². The van der Waals surface area contributed by atoms with Crippen LogP contribution in [-0.2, 0) is 6.54 Å². The molecule has 26 heavy (non-hydrogen) atoms. The molecule has 1 aromatic heterocycles. The third-order valence-corrected chi connectivity index (χ3v) is 5.21. The zero-order valence-corrected chi connectivity index (χ0v) is 18.2. The van der Waals surface area contributed by atoms with E-state index in [4.69, 9.17) is 4.98 Å². The van der Waals surface area contributed by atoms with Crippen LogP contribution in [0.4, 0.5) is 0 Å². The van der Waals surface area contributed by atoms with Crippen molar-refractivity contribution in [3.63, 3.8) is 0 Å². The average Bonchev–Trinajstić information content (AvgIpc) is 3.12. The van der Waals surface area contributed by atoms with Crippen LogP contribution in [0.1, 0.15) is 37.6 Å². The fourth-order valence-corrected chi connectivity index (χ4v) is 3.73. The number of thiazole rings is 1. The summed E-state index contributed by atoms with van der Waals surface area (Å²) in [6.45, 7) is 3.47. The quantitative estimate of drug-likeness (QED) is 0.342. The first-order valence-electron chi connectivity index (χ1n) is 8.97. The Hall–Kier alpha value is -1.19. The number of nitrogens with one attached hydrogen (secondary N) is 2. The van der Waals surface area contributed by atoms with Gasteiger partial charge in [0.05, 0.1) is 18.3 Å². The smallest absolute Gasteiger partial charge is 0.191 e. The molecular formula is C19H27IN4OS. The third-order valence-electron chi connectivity index (χ3n) is 4.38. The summed E-state index contributed by atoms with van der Waals surface area (Å²) in [5.41, 5.74) is 2.15. The molecule has 5 nitrogen and oxygen atoms in total. The van der Waals surface area contributed by atoms with Crippen molar-refractivity contribution in [3.8, 4) is 11.3 Å². The fraction of sp³-hybridized carbons (Fsp3) is 0.474. The number of hydrogen-bond acceptors (Lipinski definition) is 4. The highest BCUT2D eigenvalue weighted by molar-refractivity contribution is 14.0. The van der Waals surface area contributed by atoms with Crippen LogP contribution in [0, 0.1) is 0 Å². The zero-order chi connectivity index (χ0) is 17.5. The number of aliphatic imine (C=N–C) groups is 1. The number of nitrogens with zero attached hydrogens (tertiary/aromatic N) is 2. The van der Waals surface area contributed by atoms with Gasteiger partial charge in [-0.25, -0.2) is 9.98 Å². The molecule has 0 atom stereocenters. The first-order valence-corrected chi connectivity index (χ1v) is 9.85. The van der Waals surface area contributed by atoms with E-state index >= 15 is 0 Å². The Morgan fingerprint density at radius 2 is 1.96 bits per heavy atom. The maximum atomic E-state index is 9.63. The number of halogens is 1. The van der Waals surface area contributed by atoms with Gasteiger partial charge in [-0.05, 0) is 32.6 Å². The maximum absolute atomic E-state index is 9.63. The van der Waals surface area contributed by atoms with Gasteiger partial charge in [0.25, 0.3) is 0 Å². The predicted molar refractivity (Wildman–Crippen MR) is 119 cm³/mol. The number of aliphatic hydroxyl groups excluding tert-OH is 1. The van der Waals surface area contributed by atoms with Gasteiger partial charge >= 0.3 is 0 Å². The highest BCUT2D eigenvalue weighted by atomic mass is 127. The molecule has 1 heterocycles. The molecule has 1 saturated carbocycles. The van der Waals surface area contributed by atoms with E-state index in [0.717, 1.165) is 54.5 Å². The summed E-state index contributed by atoms with van der Waals surface area (Å²) in [5, 5.41) is 19.5. The minimum absolute atomic E-state index is 0. The molecule has 0 aliphatic heterocycles. The Morgan fingerprint density at radius 1 is 1.23 bits per heavy atom. The van der Waals surface area contributed by atoms with Crippen LogP contribution < -0.4 is 10.6 Å². The topological polar surface area (TPSA) is 69.5 Å². The predicted octanol–water partition coefficient (Wildman–Crippen LogP) is 3.79. The van der Waals surface area contributed by atoms with Crippen molar-refractivity contribution in [1.82, 2.24) is 15.6 Å². The van der Waals surface area contributed by atoms with E-state index in [9.17, 15) is 5.11 Å². The largest absolute Gasteiger partial charge is 0.393 e. The Labute approximate surface area is 176 Å². The molecule has 1 aliphatic carbocycles. The Kier molecular flexibility index (Phi) is 8.80. The second-order valence-electron chi connectivity index (χ2n) is 6.34. The molecule has 0 spiro atoms. The van der Waals surface area contributed by atoms with Gasteiger partial charge in [-0.1, -0.05) is 30.3 Å². The Bertz CT molecular complexity index is 684. The molecule has 142 valence electrons. The molecule has 1 fully saturated rings.